The van der Waals surface area contributed by atoms with Gasteiger partial charge in [-0.25, -0.2) is 4.79 Å². The number of benzene rings is 1. The molecule has 1 unspecified atom stereocenters. The number of rotatable bonds is 6. The molecule has 0 aromatic heterocycles. The molecule has 1 saturated heterocycles. The van der Waals surface area contributed by atoms with E-state index in [1.807, 2.05) is 6.07 Å². The molecule has 1 aliphatic carbocycles. The third kappa shape index (κ3) is 3.99. The molecule has 3 rings (SSSR count). The summed E-state index contributed by atoms with van der Waals surface area (Å²) in [5.41, 5.74) is 2.98. The number of carbonyl (C=O) groups excluding carboxylic acids is 3. The average Bonchev–Trinajstić information content (AvgIpc) is 2.98. The Labute approximate surface area is 182 Å². The molecular formula is C22H32N4O5. The first-order valence-electron chi connectivity index (χ1n) is 10.7. The van der Waals surface area contributed by atoms with E-state index in [1.165, 1.54) is 19.1 Å². The van der Waals surface area contributed by atoms with E-state index in [1.54, 1.807) is 6.07 Å². The summed E-state index contributed by atoms with van der Waals surface area (Å²) >= 11 is 0. The fraction of sp³-hybridized carbons (Fsp3) is 0.591. The van der Waals surface area contributed by atoms with E-state index >= 15 is 0 Å². The Morgan fingerprint density at radius 1 is 1.39 bits per heavy atom. The number of piperazine rings is 1. The monoisotopic (exact) mass is 432 g/mol. The van der Waals surface area contributed by atoms with Crippen LogP contribution in [-0.4, -0.2) is 67.0 Å². The van der Waals surface area contributed by atoms with E-state index in [-0.39, 0.29) is 24.5 Å². The lowest BCUT2D eigenvalue weighted by atomic mass is 9.86. The minimum absolute atomic E-state index is 0.0947. The van der Waals surface area contributed by atoms with Crippen molar-refractivity contribution in [3.8, 4) is 5.75 Å². The maximum atomic E-state index is 13.6. The van der Waals surface area contributed by atoms with E-state index in [2.05, 4.69) is 30.0 Å². The Kier molecular flexibility index (Phi) is 6.86. The maximum Gasteiger partial charge on any atom is 0.318 e. The summed E-state index contributed by atoms with van der Waals surface area (Å²) in [6.07, 6.45) is 1.16. The van der Waals surface area contributed by atoms with Gasteiger partial charge in [-0.15, -0.1) is 0 Å². The zero-order valence-electron chi connectivity index (χ0n) is 18.6. The molecule has 9 nitrogen and oxygen atoms in total. The molecule has 2 atom stereocenters. The van der Waals surface area contributed by atoms with Gasteiger partial charge in [-0.3, -0.25) is 20.3 Å². The maximum absolute atomic E-state index is 13.6. The summed E-state index contributed by atoms with van der Waals surface area (Å²) in [6.45, 7) is 5.13. The van der Waals surface area contributed by atoms with Crippen molar-refractivity contribution in [1.29, 1.82) is 0 Å². The number of nitrogens with zero attached hydrogens (tertiary/aromatic N) is 1. The Hall–Kier alpha value is -2.65. The molecule has 1 aliphatic heterocycles. The zero-order chi connectivity index (χ0) is 22.8. The highest BCUT2D eigenvalue weighted by molar-refractivity contribution is 6.20. The number of amides is 2. The van der Waals surface area contributed by atoms with Crippen molar-refractivity contribution >= 4 is 23.3 Å². The molecule has 31 heavy (non-hydrogen) atoms. The lowest BCUT2D eigenvalue weighted by Crippen LogP contribution is -2.70. The van der Waals surface area contributed by atoms with Gasteiger partial charge in [-0.1, -0.05) is 19.9 Å². The third-order valence-corrected chi connectivity index (χ3v) is 6.25. The highest BCUT2D eigenvalue weighted by atomic mass is 16.5. The SMILES string of the molecule is CNC(=O)N1CCNC[C@]12C(=O)CC(Cc1ccc(NO)c(OC)c1CC(C)C)C2=O. The molecule has 2 amide bonds. The topological polar surface area (TPSA) is 120 Å². The van der Waals surface area contributed by atoms with Gasteiger partial charge in [0.05, 0.1) is 7.11 Å². The third-order valence-electron chi connectivity index (χ3n) is 6.25. The Morgan fingerprint density at radius 2 is 2.13 bits per heavy atom. The van der Waals surface area contributed by atoms with Crippen molar-refractivity contribution in [2.24, 2.45) is 11.8 Å². The van der Waals surface area contributed by atoms with Gasteiger partial charge in [0.2, 0.25) is 0 Å². The number of hydrogen-bond donors (Lipinski definition) is 4. The van der Waals surface area contributed by atoms with Crippen LogP contribution < -0.4 is 20.9 Å². The number of nitrogens with one attached hydrogen (secondary N) is 3. The van der Waals surface area contributed by atoms with Gasteiger partial charge in [0.15, 0.2) is 17.1 Å². The Balaban J connectivity index is 1.96. The number of ether oxygens (including phenoxy) is 1. The highest BCUT2D eigenvalue weighted by Crippen LogP contribution is 2.39. The van der Waals surface area contributed by atoms with Gasteiger partial charge in [0.1, 0.15) is 11.4 Å². The van der Waals surface area contributed by atoms with Crippen LogP contribution in [0, 0.1) is 11.8 Å². The van der Waals surface area contributed by atoms with Crippen LogP contribution in [0.5, 0.6) is 5.75 Å². The van der Waals surface area contributed by atoms with Crippen molar-refractivity contribution in [1.82, 2.24) is 15.5 Å². The summed E-state index contributed by atoms with van der Waals surface area (Å²) in [5, 5.41) is 15.1. The fourth-order valence-electron chi connectivity index (χ4n) is 4.83. The van der Waals surface area contributed by atoms with E-state index in [9.17, 15) is 19.6 Å². The summed E-state index contributed by atoms with van der Waals surface area (Å²) in [7, 11) is 3.04. The number of methoxy groups -OCH3 is 1. The molecule has 4 N–H and O–H groups in total. The van der Waals surface area contributed by atoms with Gasteiger partial charge in [-0.05, 0) is 36.0 Å². The summed E-state index contributed by atoms with van der Waals surface area (Å²) in [5.74, 6) is -0.105. The second-order valence-electron chi connectivity index (χ2n) is 8.63. The van der Waals surface area contributed by atoms with E-state index in [4.69, 9.17) is 4.74 Å². The van der Waals surface area contributed by atoms with Crippen LogP contribution >= 0.6 is 0 Å². The molecule has 2 fully saturated rings. The molecule has 0 radical (unpaired) electrons. The van der Waals surface area contributed by atoms with Crippen LogP contribution in [0.15, 0.2) is 12.1 Å². The van der Waals surface area contributed by atoms with Crippen LogP contribution in [0.3, 0.4) is 0 Å². The first-order valence-corrected chi connectivity index (χ1v) is 10.7. The second-order valence-corrected chi connectivity index (χ2v) is 8.63. The zero-order valence-corrected chi connectivity index (χ0v) is 18.6. The summed E-state index contributed by atoms with van der Waals surface area (Å²) < 4.78 is 5.55. The van der Waals surface area contributed by atoms with Crippen LogP contribution in [0.1, 0.15) is 31.4 Å². The molecule has 170 valence electrons. The number of ketones is 2. The quantitative estimate of drug-likeness (QED) is 0.396. The minimum Gasteiger partial charge on any atom is -0.494 e. The number of Topliss-reactive ketones (excluding diaryl/α,β-unsaturated/α-hetero) is 2. The normalized spacial score (nSPS) is 23.5. The Bertz CT molecular complexity index is 872. The van der Waals surface area contributed by atoms with Crippen molar-refractivity contribution < 1.29 is 24.3 Å². The van der Waals surface area contributed by atoms with Gasteiger partial charge in [-0.2, -0.15) is 0 Å². The Morgan fingerprint density at radius 3 is 2.74 bits per heavy atom. The average molecular weight is 433 g/mol. The van der Waals surface area contributed by atoms with Gasteiger partial charge < -0.3 is 20.3 Å². The smallest absolute Gasteiger partial charge is 0.318 e. The molecule has 1 aromatic rings. The predicted octanol–water partition coefficient (Wildman–Crippen LogP) is 1.38. The summed E-state index contributed by atoms with van der Waals surface area (Å²) in [4.78, 5) is 40.5. The van der Waals surface area contributed by atoms with Gasteiger partial charge in [0, 0.05) is 39.0 Å². The first kappa shape index (κ1) is 23.0. The minimum atomic E-state index is -1.45. The number of carbonyl (C=O) groups is 3. The molecular weight excluding hydrogens is 400 g/mol. The summed E-state index contributed by atoms with van der Waals surface area (Å²) in [6, 6.07) is 3.15. The molecule has 9 heteroatoms. The molecule has 1 saturated carbocycles. The lowest BCUT2D eigenvalue weighted by Gasteiger charge is -2.42. The number of urea groups is 1. The van der Waals surface area contributed by atoms with E-state index < -0.39 is 17.5 Å². The molecule has 1 heterocycles. The van der Waals surface area contributed by atoms with Crippen molar-refractivity contribution in [2.45, 2.75) is 38.6 Å². The number of hydrogen-bond acceptors (Lipinski definition) is 7. The second kappa shape index (κ2) is 9.23. The van der Waals surface area contributed by atoms with Crippen molar-refractivity contribution in [3.05, 3.63) is 23.3 Å². The van der Waals surface area contributed by atoms with Crippen molar-refractivity contribution in [3.63, 3.8) is 0 Å². The highest BCUT2D eigenvalue weighted by Gasteiger charge is 2.60. The number of anilines is 1. The van der Waals surface area contributed by atoms with E-state index in [0.717, 1.165) is 11.1 Å². The van der Waals surface area contributed by atoms with Crippen LogP contribution in [-0.2, 0) is 22.4 Å². The van der Waals surface area contributed by atoms with Gasteiger partial charge in [0.25, 0.3) is 0 Å². The molecule has 0 bridgehead atoms. The molecule has 1 spiro atoms. The first-order chi connectivity index (χ1) is 14.8. The van der Waals surface area contributed by atoms with Crippen LogP contribution in [0.4, 0.5) is 10.5 Å². The van der Waals surface area contributed by atoms with E-state index in [0.29, 0.717) is 43.3 Å². The van der Waals surface area contributed by atoms with Gasteiger partial charge >= 0.3 is 6.03 Å². The van der Waals surface area contributed by atoms with Crippen LogP contribution in [0.2, 0.25) is 0 Å². The molecule has 2 aliphatic rings. The standard InChI is InChI=1S/C22H32N4O5/c1-13(2)9-16-14(5-6-17(25-30)19(16)31-4)10-15-11-18(27)22(20(15)28)12-24-7-8-26(22)21(29)23-3/h5-6,13,15,24-25,30H,7-12H2,1-4H3,(H,23,29)/t15?,22-/m1/s1. The predicted molar refractivity (Wildman–Crippen MR) is 116 cm³/mol. The molecule has 1 aromatic carbocycles. The fourth-order valence-corrected chi connectivity index (χ4v) is 4.83. The van der Waals surface area contributed by atoms with Crippen molar-refractivity contribution in [2.75, 3.05) is 39.3 Å². The van der Waals surface area contributed by atoms with Crippen LogP contribution in [0.25, 0.3) is 0 Å². The largest absolute Gasteiger partial charge is 0.494 e. The lowest BCUT2D eigenvalue weighted by molar-refractivity contribution is -0.137.